The van der Waals surface area contributed by atoms with Crippen LogP contribution in [0.1, 0.15) is 45.4 Å². The third kappa shape index (κ3) is 7.01. The van der Waals surface area contributed by atoms with E-state index in [1.165, 1.54) is 23.9 Å². The summed E-state index contributed by atoms with van der Waals surface area (Å²) in [6.45, 7) is 2.22. The zero-order valence-electron chi connectivity index (χ0n) is 28.5. The first kappa shape index (κ1) is 35.6. The second-order valence-electron chi connectivity index (χ2n) is 13.0. The van der Waals surface area contributed by atoms with Gasteiger partial charge in [-0.25, -0.2) is 8.78 Å². The SMILES string of the molecule is CCOC(=O)C1(Sc2ccnc3ccc(-c4ccccc4F)cc23)CCC1.O=C(O)C1(Sc2ccnc3ccc(-c4ccccc4F)cc23)CCC1. The summed E-state index contributed by atoms with van der Waals surface area (Å²) in [5, 5.41) is 11.4. The molecule has 1 N–H and O–H groups in total. The molecule has 0 atom stereocenters. The molecule has 2 aromatic heterocycles. The number of carbonyl (C=O) groups excluding carboxylic acids is 1. The Morgan fingerprint density at radius 3 is 1.56 bits per heavy atom. The van der Waals surface area contributed by atoms with Crippen molar-refractivity contribution >= 4 is 57.3 Å². The van der Waals surface area contributed by atoms with E-state index in [4.69, 9.17) is 4.74 Å². The first-order valence-electron chi connectivity index (χ1n) is 17.3. The summed E-state index contributed by atoms with van der Waals surface area (Å²) in [4.78, 5) is 34.9. The maximum atomic E-state index is 14.2. The van der Waals surface area contributed by atoms with E-state index >= 15 is 0 Å². The highest BCUT2D eigenvalue weighted by molar-refractivity contribution is 8.02. The minimum Gasteiger partial charge on any atom is -0.480 e. The number of aliphatic carboxylic acids is 1. The summed E-state index contributed by atoms with van der Waals surface area (Å²) >= 11 is 2.95. The number of ether oxygens (including phenoxy) is 1. The quantitative estimate of drug-likeness (QED) is 0.147. The Balaban J connectivity index is 0.000000162. The molecule has 2 aliphatic carbocycles. The molecule has 10 heteroatoms. The number of thioether (sulfide) groups is 2. The molecular weight excluding hydrogens is 699 g/mol. The van der Waals surface area contributed by atoms with Crippen molar-refractivity contribution < 1.29 is 28.2 Å². The van der Waals surface area contributed by atoms with Crippen molar-refractivity contribution in [2.45, 2.75) is 64.7 Å². The molecule has 264 valence electrons. The number of rotatable bonds is 9. The van der Waals surface area contributed by atoms with Gasteiger partial charge in [-0.2, -0.15) is 0 Å². The number of carbonyl (C=O) groups is 2. The van der Waals surface area contributed by atoms with E-state index < -0.39 is 15.5 Å². The van der Waals surface area contributed by atoms with Crippen molar-refractivity contribution in [1.82, 2.24) is 9.97 Å². The molecule has 0 spiro atoms. The number of hydrogen-bond acceptors (Lipinski definition) is 7. The number of pyridine rings is 2. The molecular formula is C42H36F2N2O4S2. The van der Waals surface area contributed by atoms with E-state index in [0.29, 0.717) is 30.6 Å². The van der Waals surface area contributed by atoms with Crippen molar-refractivity contribution in [3.63, 3.8) is 0 Å². The molecule has 6 nitrogen and oxygen atoms in total. The van der Waals surface area contributed by atoms with Crippen LogP contribution in [0.5, 0.6) is 0 Å². The highest BCUT2D eigenvalue weighted by Crippen LogP contribution is 2.51. The van der Waals surface area contributed by atoms with Crippen LogP contribution < -0.4 is 0 Å². The van der Waals surface area contributed by atoms with Gasteiger partial charge in [-0.3, -0.25) is 19.6 Å². The zero-order chi connectivity index (χ0) is 36.3. The number of esters is 1. The minimum atomic E-state index is -0.765. The lowest BCUT2D eigenvalue weighted by Crippen LogP contribution is -2.43. The van der Waals surface area contributed by atoms with Crippen molar-refractivity contribution in [3.8, 4) is 22.3 Å². The topological polar surface area (TPSA) is 89.4 Å². The van der Waals surface area contributed by atoms with Gasteiger partial charge in [0.15, 0.2) is 0 Å². The van der Waals surface area contributed by atoms with Crippen LogP contribution in [0.25, 0.3) is 44.1 Å². The van der Waals surface area contributed by atoms with Crippen LogP contribution in [-0.4, -0.2) is 43.1 Å². The normalized spacial score (nSPS) is 15.5. The fourth-order valence-corrected chi connectivity index (χ4v) is 9.39. The first-order chi connectivity index (χ1) is 25.2. The number of nitrogens with zero attached hydrogens (tertiary/aromatic N) is 2. The molecule has 2 saturated carbocycles. The summed E-state index contributed by atoms with van der Waals surface area (Å²) in [5.74, 6) is -1.44. The Morgan fingerprint density at radius 1 is 0.692 bits per heavy atom. The van der Waals surface area contributed by atoms with E-state index in [1.54, 1.807) is 54.5 Å². The molecule has 0 amide bonds. The first-order valence-corrected chi connectivity index (χ1v) is 18.9. The predicted octanol–water partition coefficient (Wildman–Crippen LogP) is 10.8. The smallest absolute Gasteiger partial charge is 0.322 e. The third-order valence-electron chi connectivity index (χ3n) is 9.74. The van der Waals surface area contributed by atoms with E-state index in [-0.39, 0.29) is 17.6 Å². The Labute approximate surface area is 309 Å². The number of carboxylic acids is 1. The van der Waals surface area contributed by atoms with Gasteiger partial charge in [0.1, 0.15) is 21.1 Å². The van der Waals surface area contributed by atoms with E-state index in [1.807, 2.05) is 61.5 Å². The van der Waals surface area contributed by atoms with Gasteiger partial charge in [0, 0.05) is 44.1 Å². The van der Waals surface area contributed by atoms with Crippen LogP contribution in [0.15, 0.2) is 119 Å². The second-order valence-corrected chi connectivity index (χ2v) is 15.8. The van der Waals surface area contributed by atoms with Crippen LogP contribution in [0.3, 0.4) is 0 Å². The molecule has 6 aromatic rings. The molecule has 0 unspecified atom stereocenters. The monoisotopic (exact) mass is 734 g/mol. The average molecular weight is 735 g/mol. The fourth-order valence-electron chi connectivity index (χ4n) is 6.53. The summed E-state index contributed by atoms with van der Waals surface area (Å²) in [6, 6.07) is 28.5. The van der Waals surface area contributed by atoms with Crippen molar-refractivity contribution in [3.05, 3.63) is 121 Å². The predicted molar refractivity (Wildman–Crippen MR) is 203 cm³/mol. The Morgan fingerprint density at radius 2 is 1.15 bits per heavy atom. The number of carboxylic acid groups (broad SMARTS) is 1. The van der Waals surface area contributed by atoms with Crippen LogP contribution in [-0.2, 0) is 14.3 Å². The maximum Gasteiger partial charge on any atom is 0.322 e. The largest absolute Gasteiger partial charge is 0.480 e. The van der Waals surface area contributed by atoms with E-state index in [2.05, 4.69) is 9.97 Å². The average Bonchev–Trinajstić information content (AvgIpc) is 3.11. The third-order valence-corrected chi connectivity index (χ3v) is 12.8. The van der Waals surface area contributed by atoms with Gasteiger partial charge in [0.05, 0.1) is 17.6 Å². The number of benzene rings is 4. The lowest BCUT2D eigenvalue weighted by molar-refractivity contribution is -0.148. The fraction of sp³-hybridized carbons (Fsp3) is 0.238. The van der Waals surface area contributed by atoms with Gasteiger partial charge in [0.25, 0.3) is 0 Å². The van der Waals surface area contributed by atoms with Crippen LogP contribution in [0, 0.1) is 11.6 Å². The highest BCUT2D eigenvalue weighted by Gasteiger charge is 2.47. The lowest BCUT2D eigenvalue weighted by atomic mass is 9.84. The molecule has 0 bridgehead atoms. The molecule has 0 saturated heterocycles. The van der Waals surface area contributed by atoms with E-state index in [9.17, 15) is 23.5 Å². The summed E-state index contributed by atoms with van der Waals surface area (Å²) in [6.07, 6.45) is 8.37. The molecule has 2 heterocycles. The maximum absolute atomic E-state index is 14.2. The van der Waals surface area contributed by atoms with Crippen LogP contribution >= 0.6 is 23.5 Å². The van der Waals surface area contributed by atoms with Gasteiger partial charge in [0.2, 0.25) is 0 Å². The standard InChI is InChI=1S/C22H20FNO2S.C20H16FNO2S/c1-2-26-21(25)22(11-5-12-22)27-20-10-13-24-19-9-8-15(14-17(19)20)16-6-3-4-7-18(16)23;21-16-5-2-1-4-14(16)13-6-7-17-15(12-13)18(8-11-22-17)25-20(19(23)24)9-3-10-20/h3-4,6-10,13-14H,2,5,11-12H2,1H3;1-2,4-8,11-12H,3,9-10H2,(H,23,24). The summed E-state index contributed by atoms with van der Waals surface area (Å²) < 4.78 is 32.4. The number of hydrogen-bond donors (Lipinski definition) is 1. The second kappa shape index (κ2) is 15.0. The van der Waals surface area contributed by atoms with Gasteiger partial charge in [-0.15, -0.1) is 23.5 Å². The van der Waals surface area contributed by atoms with Gasteiger partial charge < -0.3 is 9.84 Å². The number of halogens is 2. The molecule has 0 radical (unpaired) electrons. The van der Waals surface area contributed by atoms with Crippen LogP contribution in [0.4, 0.5) is 8.78 Å². The van der Waals surface area contributed by atoms with Crippen molar-refractivity contribution in [2.75, 3.05) is 6.61 Å². The van der Waals surface area contributed by atoms with Gasteiger partial charge >= 0.3 is 11.9 Å². The number of aromatic nitrogens is 2. The lowest BCUT2D eigenvalue weighted by Gasteiger charge is -2.38. The van der Waals surface area contributed by atoms with Crippen molar-refractivity contribution in [2.24, 2.45) is 0 Å². The Bertz CT molecular complexity index is 2290. The summed E-state index contributed by atoms with van der Waals surface area (Å²) in [7, 11) is 0. The Hall–Kier alpha value is -4.80. The highest BCUT2D eigenvalue weighted by atomic mass is 32.2. The zero-order valence-corrected chi connectivity index (χ0v) is 30.1. The van der Waals surface area contributed by atoms with Gasteiger partial charge in [-0.05, 0) is 105 Å². The Kier molecular flexibility index (Phi) is 10.3. The van der Waals surface area contributed by atoms with Gasteiger partial charge in [-0.1, -0.05) is 48.5 Å². The molecule has 2 fully saturated rings. The molecule has 8 rings (SSSR count). The summed E-state index contributed by atoms with van der Waals surface area (Å²) in [5.41, 5.74) is 4.26. The molecule has 0 aliphatic heterocycles. The molecule has 2 aliphatic rings. The van der Waals surface area contributed by atoms with Crippen LogP contribution in [0.2, 0.25) is 0 Å². The molecule has 4 aromatic carbocycles. The minimum absolute atomic E-state index is 0.142. The van der Waals surface area contributed by atoms with Crippen molar-refractivity contribution in [1.29, 1.82) is 0 Å². The van der Waals surface area contributed by atoms with E-state index in [0.717, 1.165) is 68.4 Å². The molecule has 52 heavy (non-hydrogen) atoms. The number of fused-ring (bicyclic) bond motifs is 2.